The van der Waals surface area contributed by atoms with E-state index in [-0.39, 0.29) is 80.4 Å². The predicted octanol–water partition coefficient (Wildman–Crippen LogP) is 1.45. The van der Waals surface area contributed by atoms with Gasteiger partial charge in [-0.3, -0.25) is 33.6 Å². The van der Waals surface area contributed by atoms with E-state index < -0.39 is 12.1 Å². The van der Waals surface area contributed by atoms with Crippen molar-refractivity contribution < 1.29 is 33.6 Å². The fraction of sp³-hybridized carbons (Fsp3) is 0.714. The maximum Gasteiger partial charge on any atom is 0.256 e. The Bertz CT molecular complexity index is 1470. The van der Waals surface area contributed by atoms with Crippen LogP contribution in [0.2, 0.25) is 0 Å². The largest absolute Gasteiger partial charge is 0.367 e. The molecule has 0 saturated heterocycles. The van der Waals surface area contributed by atoms with Gasteiger partial charge in [0.2, 0.25) is 23.6 Å². The quantitative estimate of drug-likeness (QED) is 0.0505. The Kier molecular flexibility index (Phi) is 27.7. The number of H-pyrrole nitrogens is 1. The third-order valence-electron chi connectivity index (χ3n) is 9.25. The van der Waals surface area contributed by atoms with Crippen molar-refractivity contribution in [2.75, 3.05) is 109 Å². The molecule has 0 aliphatic carbocycles. The smallest absolute Gasteiger partial charge is 0.256 e. The highest BCUT2D eigenvalue weighted by Crippen LogP contribution is 2.11. The Hall–Kier alpha value is -4.10. The average molecular weight is 863 g/mol. The summed E-state index contributed by atoms with van der Waals surface area (Å²) in [7, 11) is 14.5. The van der Waals surface area contributed by atoms with Gasteiger partial charge in [-0.15, -0.1) is 0 Å². The number of aromatic amines is 1. The molecule has 60 heavy (non-hydrogen) atoms. The molecule has 0 aliphatic heterocycles. The lowest BCUT2D eigenvalue weighted by Crippen LogP contribution is -2.49. The van der Waals surface area contributed by atoms with Crippen LogP contribution in [0.15, 0.2) is 18.5 Å². The van der Waals surface area contributed by atoms with Crippen molar-refractivity contribution in [3.63, 3.8) is 0 Å². The first kappa shape index (κ1) is 53.9. The maximum absolute atomic E-state index is 13.7. The second-order valence-electron chi connectivity index (χ2n) is 16.5. The van der Waals surface area contributed by atoms with E-state index in [2.05, 4.69) is 26.3 Å². The molecule has 2 atom stereocenters. The number of nitrogens with zero attached hydrogens (tertiary/aromatic N) is 5. The topological polar surface area (TPSA) is 200 Å². The monoisotopic (exact) mass is 863 g/mol. The fourth-order valence-electron chi connectivity index (χ4n) is 6.43. The molecule has 0 aliphatic rings. The number of amides is 5. The Morgan fingerprint density at radius 2 is 1.00 bits per heavy atom. The summed E-state index contributed by atoms with van der Waals surface area (Å²) in [4.78, 5) is 101. The minimum atomic E-state index is -0.743. The van der Waals surface area contributed by atoms with Gasteiger partial charge in [-0.2, -0.15) is 0 Å². The minimum absolute atomic E-state index is 0.133. The summed E-state index contributed by atoms with van der Waals surface area (Å²) in [5, 5.41) is 11.5. The highest BCUT2D eigenvalue weighted by Gasteiger charge is 2.23. The number of hydrogen-bond acceptors (Lipinski definition) is 12. The lowest BCUT2D eigenvalue weighted by molar-refractivity contribution is -0.129. The van der Waals surface area contributed by atoms with E-state index in [0.717, 1.165) is 12.8 Å². The Morgan fingerprint density at radius 1 is 0.583 bits per heavy atom. The number of hydrogen-bond donors (Lipinski definition) is 5. The van der Waals surface area contributed by atoms with E-state index in [1.54, 1.807) is 61.4 Å². The van der Waals surface area contributed by atoms with Crippen molar-refractivity contribution in [2.45, 2.75) is 89.1 Å². The van der Waals surface area contributed by atoms with Crippen LogP contribution in [-0.2, 0) is 28.8 Å². The molecule has 0 saturated carbocycles. The number of pyridine rings is 1. The van der Waals surface area contributed by atoms with E-state index in [4.69, 9.17) is 12.2 Å². The molecule has 0 fully saturated rings. The number of carbonyl (C=O) groups excluding carboxylic acids is 7. The van der Waals surface area contributed by atoms with E-state index >= 15 is 0 Å². The molecule has 0 spiro atoms. The third kappa shape index (κ3) is 25.5. The van der Waals surface area contributed by atoms with Gasteiger partial charge in [0.25, 0.3) is 5.91 Å². The van der Waals surface area contributed by atoms with Gasteiger partial charge in [0.15, 0.2) is 0 Å². The highest BCUT2D eigenvalue weighted by molar-refractivity contribution is 7.71. The van der Waals surface area contributed by atoms with Crippen LogP contribution in [0.5, 0.6) is 0 Å². The third-order valence-corrected chi connectivity index (χ3v) is 9.61. The molecule has 1 aromatic rings. The van der Waals surface area contributed by atoms with E-state index in [1.165, 1.54) is 0 Å². The van der Waals surface area contributed by atoms with Crippen LogP contribution >= 0.6 is 12.2 Å². The molecule has 5 amide bonds. The molecule has 17 nitrogen and oxygen atoms in total. The predicted molar refractivity (Wildman–Crippen MR) is 237 cm³/mol. The Balaban J connectivity index is 2.86. The van der Waals surface area contributed by atoms with Gasteiger partial charge in [0.1, 0.15) is 23.7 Å². The number of unbranched alkanes of at least 4 members (excludes halogenated alkanes) is 4. The fourth-order valence-corrected chi connectivity index (χ4v) is 6.64. The molecule has 0 bridgehead atoms. The van der Waals surface area contributed by atoms with E-state index in [1.807, 2.05) is 38.0 Å². The lowest BCUT2D eigenvalue weighted by atomic mass is 10.0. The molecule has 1 rings (SSSR count). The number of nitrogens with one attached hydrogen (secondary N) is 5. The molecule has 5 N–H and O–H groups in total. The Morgan fingerprint density at radius 3 is 1.38 bits per heavy atom. The van der Waals surface area contributed by atoms with Gasteiger partial charge in [0, 0.05) is 51.4 Å². The van der Waals surface area contributed by atoms with Crippen LogP contribution in [0.25, 0.3) is 0 Å². The number of rotatable bonds is 33. The van der Waals surface area contributed by atoms with Crippen LogP contribution in [0.4, 0.5) is 0 Å². The number of Topliss-reactive ketones (excluding diaryl/α,β-unsaturated/α-hetero) is 2. The van der Waals surface area contributed by atoms with Crippen molar-refractivity contribution in [1.29, 1.82) is 0 Å². The number of carbonyl (C=O) groups is 7. The summed E-state index contributed by atoms with van der Waals surface area (Å²) < 4.78 is 0.391. The van der Waals surface area contributed by atoms with Crippen LogP contribution in [-0.4, -0.2) is 191 Å². The molecule has 18 heteroatoms. The lowest BCUT2D eigenvalue weighted by Gasteiger charge is -2.24. The SMILES string of the molecule is CN(C)CC(=O)CCCCC[C@H](NC(=O)CN(C)C)C(=O)NCCCN(CCCNC(=O)[C@H](CCCCCC(=O)CN(C)C)NC(=O)CN(C)C)C(=O)c1c[nH]ccc1=S. The Labute approximate surface area is 363 Å². The van der Waals surface area contributed by atoms with Crippen molar-refractivity contribution in [1.82, 2.24) is 50.8 Å². The summed E-state index contributed by atoms with van der Waals surface area (Å²) >= 11 is 5.43. The highest BCUT2D eigenvalue weighted by atomic mass is 32.1. The van der Waals surface area contributed by atoms with Crippen LogP contribution in [0.1, 0.15) is 87.4 Å². The van der Waals surface area contributed by atoms with Crippen molar-refractivity contribution >= 4 is 53.3 Å². The van der Waals surface area contributed by atoms with Crippen molar-refractivity contribution in [3.8, 4) is 0 Å². The molecule has 0 radical (unpaired) electrons. The van der Waals surface area contributed by atoms with Crippen molar-refractivity contribution in [3.05, 3.63) is 28.5 Å². The van der Waals surface area contributed by atoms with Crippen molar-refractivity contribution in [2.24, 2.45) is 0 Å². The first-order chi connectivity index (χ1) is 28.4. The van der Waals surface area contributed by atoms with E-state index in [0.29, 0.717) is 87.4 Å². The average Bonchev–Trinajstić information content (AvgIpc) is 3.14. The molecule has 0 aromatic carbocycles. The van der Waals surface area contributed by atoms with E-state index in [9.17, 15) is 33.6 Å². The first-order valence-corrected chi connectivity index (χ1v) is 21.5. The van der Waals surface area contributed by atoms with Gasteiger partial charge in [0.05, 0.1) is 36.3 Å². The maximum atomic E-state index is 13.7. The summed E-state index contributed by atoms with van der Waals surface area (Å²) in [5.74, 6) is -1.13. The molecular formula is C42H74N10O7S. The number of ketones is 2. The normalized spacial score (nSPS) is 12.3. The van der Waals surface area contributed by atoms with Gasteiger partial charge < -0.3 is 50.8 Å². The molecule has 1 aromatic heterocycles. The summed E-state index contributed by atoms with van der Waals surface area (Å²) in [6.45, 7) is 2.13. The zero-order chi connectivity index (χ0) is 45.0. The zero-order valence-electron chi connectivity index (χ0n) is 37.5. The second-order valence-corrected chi connectivity index (χ2v) is 16.9. The van der Waals surface area contributed by atoms with Gasteiger partial charge in [-0.1, -0.05) is 37.9 Å². The standard InChI is InChI=1S/C42H74N10O7S/c1-48(2)28-32(53)17-11-9-13-19-35(46-38(55)30-50(5)6)40(57)44-22-15-25-52(42(59)34-27-43-24-21-37(34)60)26-16-23-45-41(58)36(47-39(56)31-51(7)8)20-14-10-12-18-33(54)29-49(3)4/h21,24,27,35-36H,9-20,22-23,25-26,28-31H2,1-8H3,(H,43,60)(H,44,57)(H,45,58)(H,46,55)(H,47,56)/t35-,36-/m0/s1. The minimum Gasteiger partial charge on any atom is -0.367 e. The van der Waals surface area contributed by atoms with Gasteiger partial charge in [-0.05, 0) is 101 Å². The first-order valence-electron chi connectivity index (χ1n) is 21.1. The van der Waals surface area contributed by atoms with Crippen LogP contribution in [0.3, 0.4) is 0 Å². The summed E-state index contributed by atoms with van der Waals surface area (Å²) in [6, 6.07) is 0.153. The molecule has 340 valence electrons. The molecule has 1 heterocycles. The molecular weight excluding hydrogens is 789 g/mol. The number of likely N-dealkylation sites (N-methyl/N-ethyl adjacent to an activating group) is 4. The van der Waals surface area contributed by atoms with Crippen LogP contribution in [0, 0.1) is 4.51 Å². The zero-order valence-corrected chi connectivity index (χ0v) is 38.3. The van der Waals surface area contributed by atoms with Gasteiger partial charge in [-0.25, -0.2) is 0 Å². The summed E-state index contributed by atoms with van der Waals surface area (Å²) in [5.41, 5.74) is 0.333. The number of aromatic nitrogens is 1. The molecule has 0 unspecified atom stereocenters. The van der Waals surface area contributed by atoms with Crippen LogP contribution < -0.4 is 21.3 Å². The summed E-state index contributed by atoms with van der Waals surface area (Å²) in [6.07, 6.45) is 10.1. The second kappa shape index (κ2) is 30.9. The van der Waals surface area contributed by atoms with Gasteiger partial charge >= 0.3 is 0 Å².